The maximum absolute atomic E-state index is 14.2. The normalized spacial score (nSPS) is 25.7. The summed E-state index contributed by atoms with van der Waals surface area (Å²) in [7, 11) is 1.38. The summed E-state index contributed by atoms with van der Waals surface area (Å²) in [5, 5.41) is 5.20. The second kappa shape index (κ2) is 11.4. The molecule has 1 N–H and O–H groups in total. The number of carbonyl (C=O) groups is 3. The van der Waals surface area contributed by atoms with Crippen molar-refractivity contribution in [3.63, 3.8) is 0 Å². The number of rotatable bonds is 9. The Kier molecular flexibility index (Phi) is 7.66. The highest BCUT2D eigenvalue weighted by Gasteiger charge is 2.64. The van der Waals surface area contributed by atoms with Crippen LogP contribution in [0.15, 0.2) is 77.1 Å². The highest BCUT2D eigenvalue weighted by Crippen LogP contribution is 2.56. The van der Waals surface area contributed by atoms with Gasteiger partial charge in [0.05, 0.1) is 32.1 Å². The van der Waals surface area contributed by atoms with Gasteiger partial charge in [0.25, 0.3) is 0 Å². The monoisotopic (exact) mass is 570 g/mol. The molecular formula is C34H38N2O6. The molecule has 1 saturated heterocycles. The van der Waals surface area contributed by atoms with Crippen LogP contribution in [0.5, 0.6) is 0 Å². The van der Waals surface area contributed by atoms with E-state index in [0.717, 1.165) is 29.2 Å². The van der Waals surface area contributed by atoms with E-state index < -0.39 is 23.4 Å². The van der Waals surface area contributed by atoms with Gasteiger partial charge in [-0.3, -0.25) is 14.4 Å². The van der Waals surface area contributed by atoms with E-state index >= 15 is 0 Å². The molecule has 220 valence electrons. The lowest BCUT2D eigenvalue weighted by Crippen LogP contribution is -2.61. The van der Waals surface area contributed by atoms with Crippen molar-refractivity contribution in [3.8, 4) is 0 Å². The molecule has 3 aliphatic rings. The molecule has 8 heteroatoms. The van der Waals surface area contributed by atoms with Gasteiger partial charge in [0, 0.05) is 24.6 Å². The number of benzene rings is 2. The second-order valence-corrected chi connectivity index (χ2v) is 12.1. The van der Waals surface area contributed by atoms with Gasteiger partial charge < -0.3 is 24.1 Å². The number of carbonyl (C=O) groups excluding carboxylic acids is 3. The topological polar surface area (TPSA) is 98.1 Å². The molecular weight excluding hydrogens is 532 g/mol. The van der Waals surface area contributed by atoms with Crippen LogP contribution in [0.2, 0.25) is 0 Å². The van der Waals surface area contributed by atoms with E-state index in [1.165, 1.54) is 7.11 Å². The number of methoxy groups -OCH3 is 1. The number of nitrogens with one attached hydrogen (secondary N) is 1. The molecule has 4 atom stereocenters. The molecule has 0 unspecified atom stereocenters. The number of esters is 1. The van der Waals surface area contributed by atoms with E-state index in [1.807, 2.05) is 54.6 Å². The molecule has 42 heavy (non-hydrogen) atoms. The molecule has 3 heterocycles. The summed E-state index contributed by atoms with van der Waals surface area (Å²) in [5.74, 6) is -0.668. The largest absolute Gasteiger partial charge is 0.468 e. The third-order valence-electron chi connectivity index (χ3n) is 8.98. The lowest BCUT2D eigenvalue weighted by molar-refractivity contribution is -0.182. The number of hydrogen-bond donors (Lipinski definition) is 1. The minimum atomic E-state index is -1.19. The van der Waals surface area contributed by atoms with Gasteiger partial charge in [0.2, 0.25) is 11.8 Å². The minimum absolute atomic E-state index is 0.0464. The first kappa shape index (κ1) is 28.2. The van der Waals surface area contributed by atoms with Gasteiger partial charge in [-0.2, -0.15) is 0 Å². The number of furan rings is 1. The summed E-state index contributed by atoms with van der Waals surface area (Å²) in [6.45, 7) is 4.64. The van der Waals surface area contributed by atoms with Crippen molar-refractivity contribution in [1.29, 1.82) is 0 Å². The number of amides is 2. The van der Waals surface area contributed by atoms with Crippen LogP contribution in [0.1, 0.15) is 50.9 Å². The number of piperidine rings is 1. The summed E-state index contributed by atoms with van der Waals surface area (Å²) in [6.07, 6.45) is 4.81. The summed E-state index contributed by atoms with van der Waals surface area (Å²) in [5.41, 5.74) is 0.425. The summed E-state index contributed by atoms with van der Waals surface area (Å²) in [4.78, 5) is 43.1. The number of ether oxygens (including phenoxy) is 2. The maximum atomic E-state index is 14.2. The van der Waals surface area contributed by atoms with Crippen molar-refractivity contribution < 1.29 is 28.3 Å². The molecule has 0 bridgehead atoms. The molecule has 3 aromatic rings. The van der Waals surface area contributed by atoms with E-state index in [4.69, 9.17) is 13.9 Å². The molecule has 2 amide bonds. The van der Waals surface area contributed by atoms with E-state index in [9.17, 15) is 14.4 Å². The quantitative estimate of drug-likeness (QED) is 0.348. The van der Waals surface area contributed by atoms with Gasteiger partial charge in [-0.1, -0.05) is 56.3 Å². The fourth-order valence-corrected chi connectivity index (χ4v) is 6.71. The van der Waals surface area contributed by atoms with E-state index in [2.05, 4.69) is 19.2 Å². The van der Waals surface area contributed by atoms with E-state index in [1.54, 1.807) is 17.2 Å². The number of fused-ring (bicyclic) bond motifs is 2. The lowest BCUT2D eigenvalue weighted by atomic mass is 9.64. The van der Waals surface area contributed by atoms with Crippen LogP contribution < -0.4 is 5.32 Å². The van der Waals surface area contributed by atoms with Crippen molar-refractivity contribution in [2.75, 3.05) is 7.11 Å². The van der Waals surface area contributed by atoms with Crippen LogP contribution >= 0.6 is 0 Å². The molecule has 2 aromatic carbocycles. The number of nitrogens with zero attached hydrogens (tertiary/aromatic N) is 1. The molecule has 2 fully saturated rings. The van der Waals surface area contributed by atoms with Gasteiger partial charge in [-0.25, -0.2) is 0 Å². The molecule has 1 aliphatic carbocycles. The highest BCUT2D eigenvalue weighted by atomic mass is 16.5. The second-order valence-electron chi connectivity index (χ2n) is 12.1. The molecule has 8 nitrogen and oxygen atoms in total. The van der Waals surface area contributed by atoms with Gasteiger partial charge in [-0.15, -0.1) is 0 Å². The SMILES string of the molecule is COC(=O)[C@]12C[C@H](CC(=O)NCc3cccc4ccccc34)C(=O)N(Cc3ccco3)C1=C[C@H](C(C)C)O[C@@H]2C1CC1. The highest BCUT2D eigenvalue weighted by molar-refractivity contribution is 5.93. The van der Waals surface area contributed by atoms with Crippen molar-refractivity contribution in [3.05, 3.63) is 84.0 Å². The van der Waals surface area contributed by atoms with E-state index in [-0.39, 0.29) is 49.1 Å². The number of hydrogen-bond acceptors (Lipinski definition) is 6. The van der Waals surface area contributed by atoms with Gasteiger partial charge in [-0.05, 0) is 65.6 Å². The smallest absolute Gasteiger partial charge is 0.320 e. The Bertz CT molecular complexity index is 1500. The van der Waals surface area contributed by atoms with Gasteiger partial charge in [0.15, 0.2) is 0 Å². The predicted molar refractivity (Wildman–Crippen MR) is 157 cm³/mol. The Morgan fingerprint density at radius 1 is 1.10 bits per heavy atom. The minimum Gasteiger partial charge on any atom is -0.468 e. The molecule has 0 spiro atoms. The van der Waals surface area contributed by atoms with Crippen LogP contribution in [-0.2, 0) is 36.9 Å². The van der Waals surface area contributed by atoms with Crippen molar-refractivity contribution in [1.82, 2.24) is 10.2 Å². The zero-order valence-electron chi connectivity index (χ0n) is 24.4. The fraction of sp³-hybridized carbons (Fsp3) is 0.441. The van der Waals surface area contributed by atoms with Crippen LogP contribution in [-0.4, -0.2) is 42.0 Å². The van der Waals surface area contributed by atoms with Crippen LogP contribution in [0, 0.1) is 23.2 Å². The van der Waals surface area contributed by atoms with Crippen molar-refractivity contribution in [2.24, 2.45) is 23.2 Å². The zero-order chi connectivity index (χ0) is 29.4. The Balaban J connectivity index is 1.32. The van der Waals surface area contributed by atoms with Crippen LogP contribution in [0.3, 0.4) is 0 Å². The first-order valence-corrected chi connectivity index (χ1v) is 14.8. The first-order chi connectivity index (χ1) is 20.3. The summed E-state index contributed by atoms with van der Waals surface area (Å²) in [6, 6.07) is 17.6. The average molecular weight is 571 g/mol. The van der Waals surface area contributed by atoms with E-state index in [0.29, 0.717) is 18.0 Å². The number of likely N-dealkylation sites (tertiary alicyclic amines) is 1. The molecule has 1 aromatic heterocycles. The third kappa shape index (κ3) is 5.13. The Labute approximate surface area is 246 Å². The molecule has 6 rings (SSSR count). The Morgan fingerprint density at radius 2 is 1.88 bits per heavy atom. The standard InChI is InChI=1S/C34H38N2O6/c1-21(2)28-17-29-34(33(39)40-3,31(42-28)23-13-14-23)18-25(32(38)36(29)20-26-11-7-15-41-26)16-30(37)35-19-24-10-6-9-22-8-4-5-12-27(22)24/h4-12,15,17,21,23,25,28,31H,13-14,16,18-20H2,1-3H3,(H,35,37)/t25-,28+,31+,34+/m0/s1. The predicted octanol–water partition coefficient (Wildman–Crippen LogP) is 5.36. The lowest BCUT2D eigenvalue weighted by Gasteiger charge is -2.52. The van der Waals surface area contributed by atoms with Crippen molar-refractivity contribution in [2.45, 2.75) is 64.8 Å². The van der Waals surface area contributed by atoms with Gasteiger partial charge in [0.1, 0.15) is 11.2 Å². The van der Waals surface area contributed by atoms with Gasteiger partial charge >= 0.3 is 5.97 Å². The Hall–Kier alpha value is -3.91. The zero-order valence-corrected chi connectivity index (χ0v) is 24.4. The Morgan fingerprint density at radius 3 is 2.60 bits per heavy atom. The first-order valence-electron chi connectivity index (χ1n) is 14.8. The van der Waals surface area contributed by atoms with Crippen LogP contribution in [0.4, 0.5) is 0 Å². The van der Waals surface area contributed by atoms with Crippen LogP contribution in [0.25, 0.3) is 10.8 Å². The van der Waals surface area contributed by atoms with Crippen molar-refractivity contribution >= 4 is 28.6 Å². The summed E-state index contributed by atoms with van der Waals surface area (Å²) < 4.78 is 17.7. The maximum Gasteiger partial charge on any atom is 0.320 e. The molecule has 2 aliphatic heterocycles. The third-order valence-corrected chi connectivity index (χ3v) is 8.98. The average Bonchev–Trinajstić information content (AvgIpc) is 3.71. The fourth-order valence-electron chi connectivity index (χ4n) is 6.71. The molecule has 1 saturated carbocycles. The molecule has 0 radical (unpaired) electrons. The summed E-state index contributed by atoms with van der Waals surface area (Å²) >= 11 is 0.